The van der Waals surface area contributed by atoms with Crippen molar-refractivity contribution >= 4 is 5.91 Å². The molecule has 0 saturated heterocycles. The number of hydrogen-bond acceptors (Lipinski definition) is 3. The Balaban J connectivity index is 1.99. The highest BCUT2D eigenvalue weighted by Crippen LogP contribution is 2.24. The van der Waals surface area contributed by atoms with Gasteiger partial charge in [-0.15, -0.1) is 0 Å². The lowest BCUT2D eigenvalue weighted by Crippen LogP contribution is -2.37. The number of aryl methyl sites for hydroxylation is 1. The topological polar surface area (TPSA) is 58.6 Å². The molecule has 104 valence electrons. The second-order valence-corrected chi connectivity index (χ2v) is 5.24. The predicted octanol–water partition coefficient (Wildman–Crippen LogP) is 2.09. The molecule has 2 N–H and O–H groups in total. The van der Waals surface area contributed by atoms with Crippen LogP contribution in [0.15, 0.2) is 18.2 Å². The van der Waals surface area contributed by atoms with Gasteiger partial charge in [0.15, 0.2) is 6.10 Å². The Morgan fingerprint density at radius 3 is 2.63 bits per heavy atom. The summed E-state index contributed by atoms with van der Waals surface area (Å²) < 4.78 is 5.68. The highest BCUT2D eigenvalue weighted by molar-refractivity contribution is 5.81. The summed E-state index contributed by atoms with van der Waals surface area (Å²) in [6.45, 7) is 5.38. The van der Waals surface area contributed by atoms with Crippen LogP contribution in [0, 0.1) is 6.92 Å². The van der Waals surface area contributed by atoms with E-state index in [4.69, 9.17) is 4.74 Å². The van der Waals surface area contributed by atoms with E-state index in [0.717, 1.165) is 24.0 Å². The van der Waals surface area contributed by atoms with Crippen LogP contribution >= 0.6 is 0 Å². The maximum atomic E-state index is 11.8. The van der Waals surface area contributed by atoms with Gasteiger partial charge in [0, 0.05) is 6.04 Å². The summed E-state index contributed by atoms with van der Waals surface area (Å²) in [6.07, 6.45) is 1.14. The number of nitrogens with one attached hydrogen (secondary N) is 1. The van der Waals surface area contributed by atoms with Crippen LogP contribution in [0.25, 0.3) is 0 Å². The second-order valence-electron chi connectivity index (χ2n) is 5.24. The molecule has 1 aliphatic carbocycles. The molecule has 1 aromatic carbocycles. The number of hydrogen-bond donors (Lipinski definition) is 2. The lowest BCUT2D eigenvalue weighted by molar-refractivity contribution is -0.127. The summed E-state index contributed by atoms with van der Waals surface area (Å²) in [5.74, 6) is 0.615. The smallest absolute Gasteiger partial charge is 0.260 e. The normalized spacial score (nSPS) is 17.7. The first-order valence-corrected chi connectivity index (χ1v) is 6.73. The summed E-state index contributed by atoms with van der Waals surface area (Å²) in [5, 5.41) is 12.4. The zero-order valence-corrected chi connectivity index (χ0v) is 11.6. The third kappa shape index (κ3) is 3.70. The van der Waals surface area contributed by atoms with Crippen LogP contribution in [0.5, 0.6) is 5.75 Å². The molecule has 1 amide bonds. The van der Waals surface area contributed by atoms with Gasteiger partial charge in [0.25, 0.3) is 5.91 Å². The van der Waals surface area contributed by atoms with Crippen molar-refractivity contribution in [2.45, 2.75) is 51.9 Å². The van der Waals surface area contributed by atoms with E-state index in [2.05, 4.69) is 5.32 Å². The zero-order chi connectivity index (χ0) is 14.0. The standard InChI is InChI=1S/C15H21NO3/c1-9-8-12(10(2)17)4-7-14(9)19-11(3)15(18)16-13-5-6-13/h4,7-8,10-11,13,17H,5-6H2,1-3H3,(H,16,18)/t10-,11?/m0/s1. The largest absolute Gasteiger partial charge is 0.481 e. The summed E-state index contributed by atoms with van der Waals surface area (Å²) in [6, 6.07) is 5.85. The van der Waals surface area contributed by atoms with Gasteiger partial charge < -0.3 is 15.2 Å². The van der Waals surface area contributed by atoms with Crippen molar-refractivity contribution in [1.82, 2.24) is 5.32 Å². The molecule has 2 rings (SSSR count). The molecule has 0 bridgehead atoms. The van der Waals surface area contributed by atoms with Gasteiger partial charge in [-0.2, -0.15) is 0 Å². The van der Waals surface area contributed by atoms with Gasteiger partial charge in [-0.05, 0) is 56.9 Å². The van der Waals surface area contributed by atoms with Crippen molar-refractivity contribution in [3.05, 3.63) is 29.3 Å². The molecule has 1 fully saturated rings. The van der Waals surface area contributed by atoms with E-state index >= 15 is 0 Å². The van der Waals surface area contributed by atoms with Gasteiger partial charge in [0.1, 0.15) is 5.75 Å². The SMILES string of the molecule is Cc1cc([C@H](C)O)ccc1OC(C)C(=O)NC1CC1. The number of carbonyl (C=O) groups is 1. The molecule has 4 heteroatoms. The van der Waals surface area contributed by atoms with Crippen LogP contribution in [-0.4, -0.2) is 23.2 Å². The number of amides is 1. The Bertz CT molecular complexity index is 466. The fraction of sp³-hybridized carbons (Fsp3) is 0.533. The lowest BCUT2D eigenvalue weighted by atomic mass is 10.1. The molecule has 1 aliphatic rings. The highest BCUT2D eigenvalue weighted by atomic mass is 16.5. The Kier molecular flexibility index (Phi) is 4.10. The lowest BCUT2D eigenvalue weighted by Gasteiger charge is -2.17. The molecule has 0 spiro atoms. The van der Waals surface area contributed by atoms with E-state index < -0.39 is 12.2 Å². The monoisotopic (exact) mass is 263 g/mol. The predicted molar refractivity (Wildman–Crippen MR) is 73.1 cm³/mol. The number of ether oxygens (including phenoxy) is 1. The Morgan fingerprint density at radius 2 is 2.11 bits per heavy atom. The average Bonchev–Trinajstić information content (AvgIpc) is 3.15. The van der Waals surface area contributed by atoms with Crippen LogP contribution in [0.4, 0.5) is 0 Å². The van der Waals surface area contributed by atoms with Crippen molar-refractivity contribution in [3.8, 4) is 5.75 Å². The van der Waals surface area contributed by atoms with Gasteiger partial charge in [-0.1, -0.05) is 6.07 Å². The van der Waals surface area contributed by atoms with E-state index in [1.165, 1.54) is 0 Å². The van der Waals surface area contributed by atoms with Gasteiger partial charge in [0.2, 0.25) is 0 Å². The van der Waals surface area contributed by atoms with Crippen LogP contribution in [0.3, 0.4) is 0 Å². The minimum atomic E-state index is -0.503. The van der Waals surface area contributed by atoms with Crippen molar-refractivity contribution < 1.29 is 14.6 Å². The first-order chi connectivity index (χ1) is 8.97. The van der Waals surface area contributed by atoms with Crippen LogP contribution < -0.4 is 10.1 Å². The fourth-order valence-corrected chi connectivity index (χ4v) is 1.85. The van der Waals surface area contributed by atoms with Gasteiger partial charge >= 0.3 is 0 Å². The summed E-state index contributed by atoms with van der Waals surface area (Å²) in [5.41, 5.74) is 1.77. The van der Waals surface area contributed by atoms with Crippen LogP contribution in [-0.2, 0) is 4.79 Å². The second kappa shape index (κ2) is 5.61. The van der Waals surface area contributed by atoms with E-state index in [9.17, 15) is 9.90 Å². The number of aliphatic hydroxyl groups is 1. The first kappa shape index (κ1) is 13.9. The molecule has 19 heavy (non-hydrogen) atoms. The third-order valence-electron chi connectivity index (χ3n) is 3.28. The van der Waals surface area contributed by atoms with Gasteiger partial charge in [-0.25, -0.2) is 0 Å². The maximum absolute atomic E-state index is 11.8. The maximum Gasteiger partial charge on any atom is 0.260 e. The van der Waals surface area contributed by atoms with Crippen LogP contribution in [0.2, 0.25) is 0 Å². The molecule has 4 nitrogen and oxygen atoms in total. The fourth-order valence-electron chi connectivity index (χ4n) is 1.85. The summed E-state index contributed by atoms with van der Waals surface area (Å²) in [4.78, 5) is 11.8. The molecule has 0 aliphatic heterocycles. The number of rotatable bonds is 5. The minimum Gasteiger partial charge on any atom is -0.481 e. The van der Waals surface area contributed by atoms with Crippen molar-refractivity contribution in [2.75, 3.05) is 0 Å². The van der Waals surface area contributed by atoms with Crippen molar-refractivity contribution in [2.24, 2.45) is 0 Å². The molecule has 1 aromatic rings. The molecule has 2 atom stereocenters. The molecular weight excluding hydrogens is 242 g/mol. The Labute approximate surface area is 113 Å². The van der Waals surface area contributed by atoms with E-state index in [1.807, 2.05) is 19.1 Å². The quantitative estimate of drug-likeness (QED) is 0.855. The first-order valence-electron chi connectivity index (χ1n) is 6.73. The summed E-state index contributed by atoms with van der Waals surface area (Å²) >= 11 is 0. The van der Waals surface area contributed by atoms with Gasteiger partial charge in [0.05, 0.1) is 6.10 Å². The van der Waals surface area contributed by atoms with E-state index in [0.29, 0.717) is 11.8 Å². The molecule has 1 unspecified atom stereocenters. The summed E-state index contributed by atoms with van der Waals surface area (Å²) in [7, 11) is 0. The van der Waals surface area contributed by atoms with E-state index in [1.54, 1.807) is 19.9 Å². The number of aliphatic hydroxyl groups excluding tert-OH is 1. The number of carbonyl (C=O) groups excluding carboxylic acids is 1. The molecule has 0 heterocycles. The molecule has 0 radical (unpaired) electrons. The van der Waals surface area contributed by atoms with E-state index in [-0.39, 0.29) is 5.91 Å². The highest BCUT2D eigenvalue weighted by Gasteiger charge is 2.26. The van der Waals surface area contributed by atoms with Crippen molar-refractivity contribution in [3.63, 3.8) is 0 Å². The Hall–Kier alpha value is -1.55. The average molecular weight is 263 g/mol. The third-order valence-corrected chi connectivity index (χ3v) is 3.28. The van der Waals surface area contributed by atoms with Crippen LogP contribution in [0.1, 0.15) is 43.9 Å². The Morgan fingerprint density at radius 1 is 1.42 bits per heavy atom. The minimum absolute atomic E-state index is 0.0681. The molecule has 0 aromatic heterocycles. The zero-order valence-electron chi connectivity index (χ0n) is 11.6. The van der Waals surface area contributed by atoms with Gasteiger partial charge in [-0.3, -0.25) is 4.79 Å². The molecule has 1 saturated carbocycles. The van der Waals surface area contributed by atoms with Crippen molar-refractivity contribution in [1.29, 1.82) is 0 Å². The number of benzene rings is 1. The molecular formula is C15H21NO3.